The maximum Gasteiger partial charge on any atom is 0.336 e. The largest absolute Gasteiger partial charge is 0.508 e. The summed E-state index contributed by atoms with van der Waals surface area (Å²) in [5.41, 5.74) is 6.77. The molecule has 5 N–H and O–H groups in total. The molecule has 0 aliphatic heterocycles. The Kier molecular flexibility index (Phi) is 6.12. The lowest BCUT2D eigenvalue weighted by molar-refractivity contribution is 0.0691. The van der Waals surface area contributed by atoms with Crippen LogP contribution in [-0.4, -0.2) is 33.9 Å². The predicted octanol–water partition coefficient (Wildman–Crippen LogP) is 2.90. The Morgan fingerprint density at radius 1 is 0.900 bits per heavy atom. The monoisotopic (exact) mass is 404 g/mol. The van der Waals surface area contributed by atoms with Crippen LogP contribution in [0.3, 0.4) is 0 Å². The van der Waals surface area contributed by atoms with E-state index in [9.17, 15) is 24.6 Å². The number of nitrogens with one attached hydrogen (secondary N) is 1. The fourth-order valence-electron chi connectivity index (χ4n) is 3.05. The first-order chi connectivity index (χ1) is 14.3. The molecule has 3 rings (SSSR count). The molecule has 3 aromatic rings. The van der Waals surface area contributed by atoms with E-state index in [1.54, 1.807) is 42.5 Å². The van der Waals surface area contributed by atoms with Crippen LogP contribution < -0.4 is 11.1 Å². The summed E-state index contributed by atoms with van der Waals surface area (Å²) in [6.07, 6.45) is 0.103. The summed E-state index contributed by atoms with van der Waals surface area (Å²) < 4.78 is 0. The number of phenolic OH excluding ortho intramolecular Hbond substituents is 1. The molecule has 3 aromatic carbocycles. The molecule has 0 aliphatic rings. The second kappa shape index (κ2) is 8.91. The quantitative estimate of drug-likeness (QED) is 0.354. The number of carbonyl (C=O) groups excluding carboxylic acids is 2. The molecule has 7 heteroatoms. The highest BCUT2D eigenvalue weighted by atomic mass is 16.4. The van der Waals surface area contributed by atoms with Gasteiger partial charge in [0.25, 0.3) is 5.91 Å². The number of hydrogen-bond acceptors (Lipinski definition) is 5. The lowest BCUT2D eigenvalue weighted by Crippen LogP contribution is -2.43. The molecule has 0 aliphatic carbocycles. The van der Waals surface area contributed by atoms with Crippen LogP contribution in [0.25, 0.3) is 0 Å². The minimum absolute atomic E-state index is 0.0685. The zero-order valence-electron chi connectivity index (χ0n) is 15.9. The molecule has 30 heavy (non-hydrogen) atoms. The average molecular weight is 404 g/mol. The first-order valence-electron chi connectivity index (χ1n) is 9.16. The first-order valence-corrected chi connectivity index (χ1v) is 9.16. The number of hydrogen-bond donors (Lipinski definition) is 4. The molecule has 0 heterocycles. The minimum atomic E-state index is -1.27. The number of nitrogens with two attached hydrogens (primary N) is 1. The third-order valence-corrected chi connectivity index (χ3v) is 4.57. The van der Waals surface area contributed by atoms with E-state index in [0.717, 1.165) is 0 Å². The summed E-state index contributed by atoms with van der Waals surface area (Å²) in [5, 5.41) is 21.6. The van der Waals surface area contributed by atoms with Crippen LogP contribution in [0.15, 0.2) is 72.8 Å². The van der Waals surface area contributed by atoms with Crippen LogP contribution in [0.1, 0.15) is 36.6 Å². The highest BCUT2D eigenvalue weighted by molar-refractivity contribution is 6.10. The SMILES string of the molecule is Nc1ccc(C(=O)O)c(C(=O)[C@H](Cc2ccc(O)cc2)NC(=O)c2ccccc2)c1. The Hall–Kier alpha value is -4.13. The Morgan fingerprint density at radius 3 is 2.20 bits per heavy atom. The maximum absolute atomic E-state index is 13.3. The van der Waals surface area contributed by atoms with Gasteiger partial charge in [0.15, 0.2) is 5.78 Å². The number of amides is 1. The van der Waals surface area contributed by atoms with Crippen LogP contribution in [0, 0.1) is 0 Å². The van der Waals surface area contributed by atoms with E-state index in [1.165, 1.54) is 30.3 Å². The normalized spacial score (nSPS) is 11.5. The molecule has 0 radical (unpaired) electrons. The standard InChI is InChI=1S/C23H20N2O5/c24-16-8-11-18(23(29)30)19(13-16)21(27)20(12-14-6-9-17(26)10-7-14)25-22(28)15-4-2-1-3-5-15/h1-11,13,20,26H,12,24H2,(H,25,28)(H,29,30)/t20-/m0/s1. The summed E-state index contributed by atoms with van der Waals surface area (Å²) >= 11 is 0. The van der Waals surface area contributed by atoms with Gasteiger partial charge in [0, 0.05) is 23.2 Å². The number of anilines is 1. The number of ketones is 1. The first kappa shape index (κ1) is 20.6. The highest BCUT2D eigenvalue weighted by Gasteiger charge is 2.27. The van der Waals surface area contributed by atoms with Crippen LogP contribution in [0.5, 0.6) is 5.75 Å². The van der Waals surface area contributed by atoms with Gasteiger partial charge in [0.2, 0.25) is 0 Å². The maximum atomic E-state index is 13.3. The second-order valence-corrected chi connectivity index (χ2v) is 6.74. The Labute approximate surface area is 172 Å². The summed E-state index contributed by atoms with van der Waals surface area (Å²) in [4.78, 5) is 37.5. The van der Waals surface area contributed by atoms with Crippen LogP contribution in [0.4, 0.5) is 5.69 Å². The van der Waals surface area contributed by atoms with Gasteiger partial charge in [0.1, 0.15) is 5.75 Å². The number of rotatable bonds is 7. The van der Waals surface area contributed by atoms with Crippen molar-refractivity contribution >= 4 is 23.3 Å². The molecule has 0 saturated carbocycles. The fraction of sp³-hybridized carbons (Fsp3) is 0.0870. The van der Waals surface area contributed by atoms with Crippen molar-refractivity contribution in [1.82, 2.24) is 5.32 Å². The smallest absolute Gasteiger partial charge is 0.336 e. The summed E-state index contributed by atoms with van der Waals surface area (Å²) in [5.74, 6) is -2.24. The Morgan fingerprint density at radius 2 is 1.57 bits per heavy atom. The molecule has 152 valence electrons. The van der Waals surface area contributed by atoms with Gasteiger partial charge in [-0.1, -0.05) is 30.3 Å². The molecule has 0 unspecified atom stereocenters. The summed E-state index contributed by atoms with van der Waals surface area (Å²) in [6, 6.07) is 17.5. The van der Waals surface area contributed by atoms with Gasteiger partial charge in [-0.25, -0.2) is 4.79 Å². The van der Waals surface area contributed by atoms with Crippen molar-refractivity contribution in [3.05, 3.63) is 95.1 Å². The van der Waals surface area contributed by atoms with Crippen molar-refractivity contribution in [2.24, 2.45) is 0 Å². The zero-order valence-corrected chi connectivity index (χ0v) is 15.9. The van der Waals surface area contributed by atoms with E-state index in [4.69, 9.17) is 5.73 Å². The number of carboxylic acids is 1. The lowest BCUT2D eigenvalue weighted by Gasteiger charge is -2.19. The number of carbonyl (C=O) groups is 3. The van der Waals surface area contributed by atoms with E-state index in [2.05, 4.69) is 5.32 Å². The van der Waals surface area contributed by atoms with Crippen LogP contribution in [0.2, 0.25) is 0 Å². The van der Waals surface area contributed by atoms with E-state index in [0.29, 0.717) is 11.1 Å². The molecular weight excluding hydrogens is 384 g/mol. The van der Waals surface area contributed by atoms with Crippen molar-refractivity contribution in [3.8, 4) is 5.75 Å². The number of aromatic carboxylic acids is 1. The zero-order chi connectivity index (χ0) is 21.7. The molecule has 0 spiro atoms. The van der Waals surface area contributed by atoms with E-state index < -0.39 is 23.7 Å². The number of Topliss-reactive ketones (excluding diaryl/α,β-unsaturated/α-hetero) is 1. The molecular formula is C23H20N2O5. The van der Waals surface area contributed by atoms with Crippen LogP contribution in [-0.2, 0) is 6.42 Å². The third kappa shape index (κ3) is 4.82. The van der Waals surface area contributed by atoms with Gasteiger partial charge in [-0.15, -0.1) is 0 Å². The number of phenols is 1. The summed E-state index contributed by atoms with van der Waals surface area (Å²) in [7, 11) is 0. The van der Waals surface area contributed by atoms with Crippen molar-refractivity contribution in [2.45, 2.75) is 12.5 Å². The van der Waals surface area contributed by atoms with E-state index >= 15 is 0 Å². The second-order valence-electron chi connectivity index (χ2n) is 6.74. The number of aromatic hydroxyl groups is 1. The topological polar surface area (TPSA) is 130 Å². The molecule has 0 fully saturated rings. The van der Waals surface area contributed by atoms with E-state index in [-0.39, 0.29) is 29.0 Å². The van der Waals surface area contributed by atoms with Crippen LogP contribution >= 0.6 is 0 Å². The number of nitrogen functional groups attached to an aromatic ring is 1. The van der Waals surface area contributed by atoms with Gasteiger partial charge in [0.05, 0.1) is 11.6 Å². The molecule has 1 atom stereocenters. The van der Waals surface area contributed by atoms with Gasteiger partial charge in [-0.2, -0.15) is 0 Å². The van der Waals surface area contributed by atoms with Gasteiger partial charge >= 0.3 is 5.97 Å². The molecule has 1 amide bonds. The van der Waals surface area contributed by atoms with E-state index in [1.807, 2.05) is 0 Å². The summed E-state index contributed by atoms with van der Waals surface area (Å²) in [6.45, 7) is 0. The van der Waals surface area contributed by atoms with Crippen molar-refractivity contribution in [1.29, 1.82) is 0 Å². The van der Waals surface area contributed by atoms with Crippen molar-refractivity contribution in [3.63, 3.8) is 0 Å². The van der Waals surface area contributed by atoms with Gasteiger partial charge < -0.3 is 21.3 Å². The van der Waals surface area contributed by atoms with Gasteiger partial charge in [-0.3, -0.25) is 9.59 Å². The van der Waals surface area contributed by atoms with Gasteiger partial charge in [-0.05, 0) is 48.0 Å². The minimum Gasteiger partial charge on any atom is -0.508 e. The highest BCUT2D eigenvalue weighted by Crippen LogP contribution is 2.19. The molecule has 0 saturated heterocycles. The fourth-order valence-corrected chi connectivity index (χ4v) is 3.05. The third-order valence-electron chi connectivity index (χ3n) is 4.57. The predicted molar refractivity (Wildman–Crippen MR) is 112 cm³/mol. The molecule has 7 nitrogen and oxygen atoms in total. The number of carboxylic acid groups (broad SMARTS) is 1. The lowest BCUT2D eigenvalue weighted by atomic mass is 9.93. The van der Waals surface area contributed by atoms with Crippen molar-refractivity contribution in [2.75, 3.05) is 5.73 Å². The molecule has 0 bridgehead atoms. The molecule has 0 aromatic heterocycles. The average Bonchev–Trinajstić information content (AvgIpc) is 2.74. The Balaban J connectivity index is 1.97. The Bertz CT molecular complexity index is 1080. The number of benzene rings is 3. The van der Waals surface area contributed by atoms with Crippen molar-refractivity contribution < 1.29 is 24.6 Å².